The molecule has 0 fully saturated rings. The fourth-order valence-corrected chi connectivity index (χ4v) is 5.83. The maximum Gasteiger partial charge on any atom is 0.227 e. The normalized spacial score (nSPS) is 10.9. The van der Waals surface area contributed by atoms with E-state index in [-0.39, 0.29) is 6.61 Å². The highest BCUT2D eigenvalue weighted by atomic mass is 32.2. The third-order valence-electron chi connectivity index (χ3n) is 5.82. The molecule has 2 N–H and O–H groups in total. The number of ether oxygens (including phenoxy) is 2. The van der Waals surface area contributed by atoms with Crippen LogP contribution in [-0.2, 0) is 0 Å². The van der Waals surface area contributed by atoms with Gasteiger partial charge in [-0.2, -0.15) is 5.26 Å². The molecule has 0 saturated heterocycles. The number of aliphatic hydroxyl groups excluding tert-OH is 1. The number of aliphatic hydroxyl groups is 1. The van der Waals surface area contributed by atoms with E-state index in [0.29, 0.717) is 36.1 Å². The number of pyridine rings is 1. The highest BCUT2D eigenvalue weighted by molar-refractivity contribution is 8.00. The molecular formula is C28H30N6O3S2. The summed E-state index contributed by atoms with van der Waals surface area (Å²) in [7, 11) is 3.57. The lowest BCUT2D eigenvalue weighted by molar-refractivity contribution is 0.207. The van der Waals surface area contributed by atoms with Crippen LogP contribution < -0.4 is 14.8 Å². The maximum absolute atomic E-state index is 10.0. The van der Waals surface area contributed by atoms with E-state index >= 15 is 0 Å². The van der Waals surface area contributed by atoms with Crippen LogP contribution in [0.2, 0.25) is 0 Å². The Morgan fingerprint density at radius 2 is 2.05 bits per heavy atom. The van der Waals surface area contributed by atoms with Crippen molar-refractivity contribution in [1.82, 2.24) is 19.9 Å². The number of nitrogens with zero attached hydrogens (tertiary/aromatic N) is 5. The second-order valence-corrected chi connectivity index (χ2v) is 10.6. The Morgan fingerprint density at radius 1 is 1.18 bits per heavy atom. The van der Waals surface area contributed by atoms with Gasteiger partial charge in [0.15, 0.2) is 0 Å². The summed E-state index contributed by atoms with van der Waals surface area (Å²) in [5.41, 5.74) is 3.67. The van der Waals surface area contributed by atoms with E-state index in [1.165, 1.54) is 23.1 Å². The third-order valence-corrected chi connectivity index (χ3v) is 8.16. The van der Waals surface area contributed by atoms with E-state index in [1.807, 2.05) is 49.7 Å². The summed E-state index contributed by atoms with van der Waals surface area (Å²) in [4.78, 5) is 16.4. The molecule has 0 spiro atoms. The van der Waals surface area contributed by atoms with Crippen LogP contribution in [0, 0.1) is 11.3 Å². The standard InChI is InChI=1S/C28H30N6O3S2/c1-34(11-12-35)10-5-13-37-21-7-4-6-20(15-21)32-28-31-9-8-24(33-28)26-25(23(16-29)27(38-3)39-26)19-14-22(36-2)18-30-17-19/h4,6-9,14-15,17-18,35H,5,10-13H2,1-3H3,(H,31,32,33). The number of likely N-dealkylation sites (N-methyl/N-ethyl adjacent to an activating group) is 1. The van der Waals surface area contributed by atoms with Crippen molar-refractivity contribution in [2.24, 2.45) is 0 Å². The number of rotatable bonds is 13. The zero-order valence-corrected chi connectivity index (χ0v) is 23.7. The summed E-state index contributed by atoms with van der Waals surface area (Å²) in [5, 5.41) is 22.3. The summed E-state index contributed by atoms with van der Waals surface area (Å²) in [6, 6.07) is 13.7. The van der Waals surface area contributed by atoms with Crippen LogP contribution in [0.5, 0.6) is 11.5 Å². The van der Waals surface area contributed by atoms with Gasteiger partial charge in [0.2, 0.25) is 5.95 Å². The van der Waals surface area contributed by atoms with Crippen molar-refractivity contribution in [2.75, 3.05) is 52.0 Å². The predicted molar refractivity (Wildman–Crippen MR) is 156 cm³/mol. The quantitative estimate of drug-likeness (QED) is 0.164. The van der Waals surface area contributed by atoms with E-state index in [9.17, 15) is 5.26 Å². The van der Waals surface area contributed by atoms with Crippen molar-refractivity contribution in [2.45, 2.75) is 10.6 Å². The van der Waals surface area contributed by atoms with Crippen LogP contribution in [0.25, 0.3) is 21.7 Å². The molecule has 11 heteroatoms. The lowest BCUT2D eigenvalue weighted by Crippen LogP contribution is -2.24. The first-order valence-electron chi connectivity index (χ1n) is 12.3. The molecule has 0 unspecified atom stereocenters. The van der Waals surface area contributed by atoms with Gasteiger partial charge in [0.25, 0.3) is 0 Å². The molecule has 1 aromatic carbocycles. The molecule has 3 heterocycles. The number of benzene rings is 1. The van der Waals surface area contributed by atoms with Crippen molar-refractivity contribution < 1.29 is 14.6 Å². The van der Waals surface area contributed by atoms with E-state index in [0.717, 1.165) is 44.6 Å². The van der Waals surface area contributed by atoms with Gasteiger partial charge >= 0.3 is 0 Å². The largest absolute Gasteiger partial charge is 0.495 e. The van der Waals surface area contributed by atoms with Crippen LogP contribution >= 0.6 is 23.1 Å². The van der Waals surface area contributed by atoms with Crippen LogP contribution in [0.15, 0.2) is 59.2 Å². The number of hydrogen-bond donors (Lipinski definition) is 2. The Bertz CT molecular complexity index is 1440. The molecule has 0 saturated carbocycles. The van der Waals surface area contributed by atoms with E-state index in [4.69, 9.17) is 19.6 Å². The summed E-state index contributed by atoms with van der Waals surface area (Å²) in [5.74, 6) is 1.79. The average molecular weight is 563 g/mol. The monoisotopic (exact) mass is 562 g/mol. The number of anilines is 2. The fourth-order valence-electron chi connectivity index (χ4n) is 3.92. The Kier molecular flexibility index (Phi) is 10.1. The zero-order chi connectivity index (χ0) is 27.6. The van der Waals surface area contributed by atoms with Crippen LogP contribution in [0.4, 0.5) is 11.6 Å². The van der Waals surface area contributed by atoms with Crippen LogP contribution in [0.3, 0.4) is 0 Å². The Labute approximate surface area is 236 Å². The summed E-state index contributed by atoms with van der Waals surface area (Å²) >= 11 is 3.05. The molecule has 3 aromatic heterocycles. The minimum absolute atomic E-state index is 0.151. The molecule has 0 amide bonds. The minimum Gasteiger partial charge on any atom is -0.495 e. The lowest BCUT2D eigenvalue weighted by atomic mass is 10.0. The molecular weight excluding hydrogens is 532 g/mol. The van der Waals surface area contributed by atoms with Gasteiger partial charge in [-0.25, -0.2) is 9.97 Å². The molecule has 0 atom stereocenters. The molecule has 9 nitrogen and oxygen atoms in total. The van der Waals surface area contributed by atoms with Gasteiger partial charge in [0.1, 0.15) is 17.6 Å². The van der Waals surface area contributed by atoms with Gasteiger partial charge in [-0.05, 0) is 44.0 Å². The smallest absolute Gasteiger partial charge is 0.227 e. The molecule has 39 heavy (non-hydrogen) atoms. The van der Waals surface area contributed by atoms with Gasteiger partial charge in [0.05, 0.1) is 46.9 Å². The molecule has 0 aliphatic rings. The van der Waals surface area contributed by atoms with Crippen molar-refractivity contribution in [3.63, 3.8) is 0 Å². The van der Waals surface area contributed by atoms with Gasteiger partial charge in [0, 0.05) is 48.4 Å². The van der Waals surface area contributed by atoms with E-state index in [2.05, 4.69) is 26.3 Å². The fraction of sp³-hybridized carbons (Fsp3) is 0.286. The first-order chi connectivity index (χ1) is 19.1. The van der Waals surface area contributed by atoms with Crippen molar-refractivity contribution >= 4 is 34.7 Å². The molecule has 4 aromatic rings. The second-order valence-electron chi connectivity index (χ2n) is 8.55. The Hall–Kier alpha value is -3.69. The summed E-state index contributed by atoms with van der Waals surface area (Å²) < 4.78 is 12.2. The zero-order valence-electron chi connectivity index (χ0n) is 22.0. The van der Waals surface area contributed by atoms with Crippen LogP contribution in [0.1, 0.15) is 12.0 Å². The first-order valence-corrected chi connectivity index (χ1v) is 14.3. The molecule has 202 valence electrons. The van der Waals surface area contributed by atoms with Gasteiger partial charge < -0.3 is 24.8 Å². The molecule has 0 bridgehead atoms. The molecule has 4 rings (SSSR count). The number of nitriles is 1. The number of nitrogens with one attached hydrogen (secondary N) is 1. The number of methoxy groups -OCH3 is 1. The van der Waals surface area contributed by atoms with Crippen LogP contribution in [-0.4, -0.2) is 71.7 Å². The summed E-state index contributed by atoms with van der Waals surface area (Å²) in [6.07, 6.45) is 7.88. The molecule has 0 aliphatic carbocycles. The first kappa shape index (κ1) is 28.3. The number of thiophene rings is 1. The molecule has 0 aliphatic heterocycles. The minimum atomic E-state index is 0.151. The van der Waals surface area contributed by atoms with E-state index < -0.39 is 0 Å². The highest BCUT2D eigenvalue weighted by Crippen LogP contribution is 2.46. The van der Waals surface area contributed by atoms with Crippen molar-refractivity contribution in [3.8, 4) is 39.3 Å². The number of thioether (sulfide) groups is 1. The number of hydrogen-bond acceptors (Lipinski definition) is 11. The average Bonchev–Trinajstić information content (AvgIpc) is 3.35. The third kappa shape index (κ3) is 7.25. The van der Waals surface area contributed by atoms with Crippen molar-refractivity contribution in [3.05, 3.63) is 60.6 Å². The second kappa shape index (κ2) is 13.9. The van der Waals surface area contributed by atoms with Gasteiger partial charge in [-0.1, -0.05) is 6.07 Å². The van der Waals surface area contributed by atoms with Gasteiger partial charge in [-0.15, -0.1) is 23.1 Å². The van der Waals surface area contributed by atoms with Crippen molar-refractivity contribution in [1.29, 1.82) is 5.26 Å². The highest BCUT2D eigenvalue weighted by Gasteiger charge is 2.22. The predicted octanol–water partition coefficient (Wildman–Crippen LogP) is 5.31. The molecule has 0 radical (unpaired) electrons. The number of aromatic nitrogens is 3. The Balaban J connectivity index is 1.56. The van der Waals surface area contributed by atoms with Gasteiger partial charge in [-0.3, -0.25) is 4.98 Å². The SMILES string of the molecule is COc1cncc(-c2c(-c3ccnc(Nc4cccc(OCCCN(C)CCO)c4)n3)sc(SC)c2C#N)c1. The maximum atomic E-state index is 10.0. The topological polar surface area (TPSA) is 116 Å². The van der Waals surface area contributed by atoms with E-state index in [1.54, 1.807) is 25.7 Å². The Morgan fingerprint density at radius 3 is 2.82 bits per heavy atom. The summed E-state index contributed by atoms with van der Waals surface area (Å²) in [6.45, 7) is 2.22. The lowest BCUT2D eigenvalue weighted by Gasteiger charge is -2.15.